The van der Waals surface area contributed by atoms with Gasteiger partial charge in [0.15, 0.2) is 0 Å². The molecular weight excluding hydrogens is 266 g/mol. The third-order valence-electron chi connectivity index (χ3n) is 3.23. The second-order valence-electron chi connectivity index (χ2n) is 4.58. The van der Waals surface area contributed by atoms with Crippen molar-refractivity contribution >= 4 is 11.6 Å². The summed E-state index contributed by atoms with van der Waals surface area (Å²) in [6.07, 6.45) is 0.931. The van der Waals surface area contributed by atoms with Gasteiger partial charge in [-0.25, -0.2) is 8.78 Å². The lowest BCUT2D eigenvalue weighted by molar-refractivity contribution is 0.580. The van der Waals surface area contributed by atoms with Crippen molar-refractivity contribution in [3.8, 4) is 0 Å². The maximum atomic E-state index is 13.9. The molecule has 2 aromatic rings. The van der Waals surface area contributed by atoms with Gasteiger partial charge >= 0.3 is 0 Å². The largest absolute Gasteiger partial charge is 0.207 e. The Kier molecular flexibility index (Phi) is 4.20. The van der Waals surface area contributed by atoms with Crippen LogP contribution in [0.2, 0.25) is 0 Å². The van der Waals surface area contributed by atoms with Crippen LogP contribution in [0.25, 0.3) is 0 Å². The van der Waals surface area contributed by atoms with Crippen LogP contribution in [0.5, 0.6) is 0 Å². The summed E-state index contributed by atoms with van der Waals surface area (Å²) in [6.45, 7) is 3.59. The number of hydrogen-bond donors (Lipinski definition) is 0. The second kappa shape index (κ2) is 5.70. The minimum Gasteiger partial charge on any atom is -0.207 e. The van der Waals surface area contributed by atoms with Crippen molar-refractivity contribution in [2.24, 2.45) is 0 Å². The van der Waals surface area contributed by atoms with Crippen molar-refractivity contribution in [2.45, 2.75) is 25.6 Å². The lowest BCUT2D eigenvalue weighted by atomic mass is 10.0. The van der Waals surface area contributed by atoms with Gasteiger partial charge in [0.25, 0.3) is 0 Å². The van der Waals surface area contributed by atoms with E-state index in [1.807, 2.05) is 24.3 Å². The summed E-state index contributed by atoms with van der Waals surface area (Å²) in [5.41, 5.74) is 2.41. The minimum atomic E-state index is -0.680. The summed E-state index contributed by atoms with van der Waals surface area (Å²) < 4.78 is 27.4. The molecule has 0 aromatic heterocycles. The van der Waals surface area contributed by atoms with E-state index in [-0.39, 0.29) is 11.1 Å². The third kappa shape index (κ3) is 2.95. The molecule has 0 aliphatic rings. The van der Waals surface area contributed by atoms with E-state index >= 15 is 0 Å². The fourth-order valence-corrected chi connectivity index (χ4v) is 2.27. The standard InChI is InChI=1S/C16H15ClF2/c1-3-11-4-6-12(7-5-11)16(17)13-9-14(18)10(2)8-15(13)19/h4-9,16H,3H2,1-2H3. The van der Waals surface area contributed by atoms with Gasteiger partial charge in [-0.15, -0.1) is 11.6 Å². The average Bonchev–Trinajstić information content (AvgIpc) is 2.42. The van der Waals surface area contributed by atoms with Crippen LogP contribution < -0.4 is 0 Å². The molecule has 0 spiro atoms. The van der Waals surface area contributed by atoms with Crippen LogP contribution in [-0.4, -0.2) is 0 Å². The molecule has 0 aliphatic carbocycles. The van der Waals surface area contributed by atoms with Crippen molar-refractivity contribution < 1.29 is 8.78 Å². The predicted molar refractivity (Wildman–Crippen MR) is 74.6 cm³/mol. The Morgan fingerprint density at radius 3 is 2.26 bits per heavy atom. The van der Waals surface area contributed by atoms with Gasteiger partial charge in [0.05, 0.1) is 5.38 Å². The minimum absolute atomic E-state index is 0.175. The molecule has 0 fully saturated rings. The molecule has 1 unspecified atom stereocenters. The molecule has 0 saturated carbocycles. The number of halogens is 3. The number of aryl methyl sites for hydroxylation is 2. The lowest BCUT2D eigenvalue weighted by Gasteiger charge is -2.13. The monoisotopic (exact) mass is 280 g/mol. The van der Waals surface area contributed by atoms with E-state index in [4.69, 9.17) is 11.6 Å². The van der Waals surface area contributed by atoms with Crippen LogP contribution >= 0.6 is 11.6 Å². The first-order valence-corrected chi connectivity index (χ1v) is 6.65. The molecule has 2 rings (SSSR count). The molecule has 2 aromatic carbocycles. The Labute approximate surface area is 117 Å². The molecule has 19 heavy (non-hydrogen) atoms. The van der Waals surface area contributed by atoms with Crippen molar-refractivity contribution in [1.82, 2.24) is 0 Å². The molecule has 1 atom stereocenters. The Bertz CT molecular complexity index is 576. The SMILES string of the molecule is CCc1ccc(C(Cl)c2cc(F)c(C)cc2F)cc1. The van der Waals surface area contributed by atoms with Crippen LogP contribution in [0.15, 0.2) is 36.4 Å². The van der Waals surface area contributed by atoms with E-state index in [2.05, 4.69) is 6.92 Å². The molecule has 0 heterocycles. The molecule has 0 aliphatic heterocycles. The van der Waals surface area contributed by atoms with Gasteiger partial charge in [-0.05, 0) is 42.2 Å². The molecule has 100 valence electrons. The molecule has 0 amide bonds. The second-order valence-corrected chi connectivity index (χ2v) is 5.02. The van der Waals surface area contributed by atoms with Gasteiger partial charge in [-0.2, -0.15) is 0 Å². The highest BCUT2D eigenvalue weighted by molar-refractivity contribution is 6.22. The predicted octanol–water partition coefficient (Wildman–Crippen LogP) is 5.16. The summed E-state index contributed by atoms with van der Waals surface area (Å²) in [6, 6.07) is 9.97. The summed E-state index contributed by atoms with van der Waals surface area (Å²) in [5, 5.41) is -0.680. The van der Waals surface area contributed by atoms with Crippen molar-refractivity contribution in [3.63, 3.8) is 0 Å². The topological polar surface area (TPSA) is 0 Å². The summed E-state index contributed by atoms with van der Waals surface area (Å²) >= 11 is 6.25. The fraction of sp³-hybridized carbons (Fsp3) is 0.250. The molecule has 0 N–H and O–H groups in total. The molecule has 0 nitrogen and oxygen atoms in total. The maximum Gasteiger partial charge on any atom is 0.128 e. The zero-order chi connectivity index (χ0) is 14.0. The molecule has 3 heteroatoms. The molecule has 0 bridgehead atoms. The van der Waals surface area contributed by atoms with E-state index in [0.29, 0.717) is 0 Å². The number of benzene rings is 2. The van der Waals surface area contributed by atoms with Gasteiger partial charge in [0.1, 0.15) is 11.6 Å². The van der Waals surface area contributed by atoms with E-state index in [1.165, 1.54) is 24.6 Å². The Morgan fingerprint density at radius 2 is 1.68 bits per heavy atom. The number of alkyl halides is 1. The fourth-order valence-electron chi connectivity index (χ4n) is 1.96. The zero-order valence-electron chi connectivity index (χ0n) is 10.9. The van der Waals surface area contributed by atoms with Gasteiger partial charge in [0, 0.05) is 5.56 Å². The smallest absolute Gasteiger partial charge is 0.128 e. The van der Waals surface area contributed by atoms with Crippen molar-refractivity contribution in [3.05, 3.63) is 70.3 Å². The average molecular weight is 281 g/mol. The molecular formula is C16H15ClF2. The van der Waals surface area contributed by atoms with Crippen LogP contribution in [0.1, 0.15) is 34.6 Å². The first-order chi connectivity index (χ1) is 9.02. The van der Waals surface area contributed by atoms with Crippen LogP contribution in [0.4, 0.5) is 8.78 Å². The maximum absolute atomic E-state index is 13.9. The van der Waals surface area contributed by atoms with Gasteiger partial charge in [-0.3, -0.25) is 0 Å². The first kappa shape index (κ1) is 14.0. The third-order valence-corrected chi connectivity index (χ3v) is 3.72. The van der Waals surface area contributed by atoms with Gasteiger partial charge < -0.3 is 0 Å². The van der Waals surface area contributed by atoms with Crippen LogP contribution in [-0.2, 0) is 6.42 Å². The number of rotatable bonds is 3. The summed E-state index contributed by atoms with van der Waals surface area (Å²) in [5.74, 6) is -0.911. The van der Waals surface area contributed by atoms with E-state index < -0.39 is 17.0 Å². The molecule has 0 radical (unpaired) electrons. The normalized spacial score (nSPS) is 12.5. The highest BCUT2D eigenvalue weighted by Gasteiger charge is 2.17. The van der Waals surface area contributed by atoms with Crippen molar-refractivity contribution in [2.75, 3.05) is 0 Å². The van der Waals surface area contributed by atoms with Crippen LogP contribution in [0, 0.1) is 18.6 Å². The quantitative estimate of drug-likeness (QED) is 0.681. The first-order valence-electron chi connectivity index (χ1n) is 6.21. The van der Waals surface area contributed by atoms with Crippen LogP contribution in [0.3, 0.4) is 0 Å². The number of hydrogen-bond acceptors (Lipinski definition) is 0. The Balaban J connectivity index is 2.37. The molecule has 0 saturated heterocycles. The summed E-state index contributed by atoms with van der Waals surface area (Å²) in [7, 11) is 0. The van der Waals surface area contributed by atoms with E-state index in [1.54, 1.807) is 0 Å². The van der Waals surface area contributed by atoms with Gasteiger partial charge in [-0.1, -0.05) is 31.2 Å². The Hall–Kier alpha value is -1.41. The lowest BCUT2D eigenvalue weighted by Crippen LogP contribution is -2.00. The highest BCUT2D eigenvalue weighted by Crippen LogP contribution is 2.32. The van der Waals surface area contributed by atoms with Gasteiger partial charge in [0.2, 0.25) is 0 Å². The summed E-state index contributed by atoms with van der Waals surface area (Å²) in [4.78, 5) is 0. The zero-order valence-corrected chi connectivity index (χ0v) is 11.6. The van der Waals surface area contributed by atoms with E-state index in [9.17, 15) is 8.78 Å². The highest BCUT2D eigenvalue weighted by atomic mass is 35.5. The van der Waals surface area contributed by atoms with E-state index in [0.717, 1.165) is 12.0 Å². The Morgan fingerprint density at radius 1 is 1.05 bits per heavy atom. The van der Waals surface area contributed by atoms with Crippen molar-refractivity contribution in [1.29, 1.82) is 0 Å².